The zero-order valence-corrected chi connectivity index (χ0v) is 15.1. The Kier molecular flexibility index (Phi) is 6.51. The second-order valence-corrected chi connectivity index (χ2v) is 6.13. The first-order valence-corrected chi connectivity index (χ1v) is 9.01. The maximum Gasteiger partial charge on any atom is 0.275 e. The molecule has 0 spiro atoms. The number of carbonyl (C=O) groups excluding carboxylic acids is 1. The number of nitrogens with one attached hydrogen (secondary N) is 2. The van der Waals surface area contributed by atoms with Gasteiger partial charge in [-0.3, -0.25) is 9.69 Å². The second-order valence-electron chi connectivity index (χ2n) is 6.13. The highest BCUT2D eigenvalue weighted by atomic mass is 16.5. The Hall–Kier alpha value is -2.51. The van der Waals surface area contributed by atoms with E-state index in [4.69, 9.17) is 4.74 Å². The lowest BCUT2D eigenvalue weighted by Crippen LogP contribution is -2.39. The van der Waals surface area contributed by atoms with Gasteiger partial charge >= 0.3 is 0 Å². The largest absolute Gasteiger partial charge is 0.379 e. The number of anilines is 2. The first-order valence-electron chi connectivity index (χ1n) is 9.01. The molecule has 0 aliphatic carbocycles. The van der Waals surface area contributed by atoms with Gasteiger partial charge in [0, 0.05) is 31.9 Å². The smallest absolute Gasteiger partial charge is 0.275 e. The summed E-state index contributed by atoms with van der Waals surface area (Å²) in [5.41, 5.74) is 2.21. The Labute approximate surface area is 153 Å². The van der Waals surface area contributed by atoms with Crippen LogP contribution in [0.3, 0.4) is 0 Å². The van der Waals surface area contributed by atoms with Crippen LogP contribution in [0.5, 0.6) is 0 Å². The van der Waals surface area contributed by atoms with E-state index in [1.54, 1.807) is 6.20 Å². The van der Waals surface area contributed by atoms with E-state index in [2.05, 4.69) is 32.4 Å². The molecule has 1 saturated heterocycles. The molecule has 3 rings (SSSR count). The van der Waals surface area contributed by atoms with Crippen molar-refractivity contribution in [2.45, 2.75) is 13.3 Å². The van der Waals surface area contributed by atoms with Gasteiger partial charge < -0.3 is 15.4 Å². The lowest BCUT2D eigenvalue weighted by molar-refractivity contribution is 0.0398. The van der Waals surface area contributed by atoms with Crippen LogP contribution in [0.25, 0.3) is 0 Å². The number of carbonyl (C=O) groups is 1. The molecule has 26 heavy (non-hydrogen) atoms. The van der Waals surface area contributed by atoms with Crippen molar-refractivity contribution >= 4 is 17.4 Å². The number of hydrogen-bond donors (Lipinski definition) is 2. The van der Waals surface area contributed by atoms with E-state index in [1.807, 2.05) is 24.3 Å². The van der Waals surface area contributed by atoms with Crippen LogP contribution in [0.2, 0.25) is 0 Å². The molecule has 2 heterocycles. The summed E-state index contributed by atoms with van der Waals surface area (Å²) in [6.07, 6.45) is 3.95. The first kappa shape index (κ1) is 18.3. The maximum absolute atomic E-state index is 12.4. The van der Waals surface area contributed by atoms with Gasteiger partial charge in [-0.05, 0) is 18.1 Å². The summed E-state index contributed by atoms with van der Waals surface area (Å²) < 4.78 is 5.33. The van der Waals surface area contributed by atoms with Crippen LogP contribution in [0.15, 0.2) is 36.7 Å². The SMILES string of the molecule is CCc1ccccc1NC(=O)c1cnc(NCCN2CCOCC2)cn1. The van der Waals surface area contributed by atoms with E-state index in [-0.39, 0.29) is 5.91 Å². The molecule has 138 valence electrons. The summed E-state index contributed by atoms with van der Waals surface area (Å²) in [6, 6.07) is 7.77. The van der Waals surface area contributed by atoms with E-state index >= 15 is 0 Å². The number of rotatable bonds is 7. The quantitative estimate of drug-likeness (QED) is 0.791. The van der Waals surface area contributed by atoms with E-state index in [1.165, 1.54) is 6.20 Å². The van der Waals surface area contributed by atoms with Crippen LogP contribution in [-0.2, 0) is 11.2 Å². The third-order valence-electron chi connectivity index (χ3n) is 4.37. The fourth-order valence-electron chi connectivity index (χ4n) is 2.84. The summed E-state index contributed by atoms with van der Waals surface area (Å²) in [6.45, 7) is 7.29. The third kappa shape index (κ3) is 5.00. The monoisotopic (exact) mass is 355 g/mol. The van der Waals surface area contributed by atoms with Crippen LogP contribution in [0, 0.1) is 0 Å². The highest BCUT2D eigenvalue weighted by molar-refractivity contribution is 6.03. The number of hydrogen-bond acceptors (Lipinski definition) is 6. The summed E-state index contributed by atoms with van der Waals surface area (Å²) in [5, 5.41) is 6.14. The molecule has 0 saturated carbocycles. The van der Waals surface area contributed by atoms with E-state index in [9.17, 15) is 4.79 Å². The van der Waals surface area contributed by atoms with Gasteiger partial charge in [0.2, 0.25) is 0 Å². The minimum absolute atomic E-state index is 0.252. The first-order chi connectivity index (χ1) is 12.8. The van der Waals surface area contributed by atoms with Crippen LogP contribution in [-0.4, -0.2) is 60.2 Å². The minimum atomic E-state index is -0.252. The average molecular weight is 355 g/mol. The van der Waals surface area contributed by atoms with Crippen molar-refractivity contribution in [3.8, 4) is 0 Å². The van der Waals surface area contributed by atoms with E-state index < -0.39 is 0 Å². The van der Waals surface area contributed by atoms with Gasteiger partial charge in [0.1, 0.15) is 11.5 Å². The third-order valence-corrected chi connectivity index (χ3v) is 4.37. The van der Waals surface area contributed by atoms with Crippen molar-refractivity contribution in [3.63, 3.8) is 0 Å². The normalized spacial score (nSPS) is 14.8. The maximum atomic E-state index is 12.4. The lowest BCUT2D eigenvalue weighted by atomic mass is 10.1. The summed E-state index contributed by atoms with van der Waals surface area (Å²) in [4.78, 5) is 23.2. The topological polar surface area (TPSA) is 79.4 Å². The number of nitrogens with zero attached hydrogens (tertiary/aromatic N) is 3. The minimum Gasteiger partial charge on any atom is -0.379 e. The molecule has 1 amide bonds. The predicted molar refractivity (Wildman–Crippen MR) is 102 cm³/mol. The van der Waals surface area contributed by atoms with Gasteiger partial charge in [-0.25, -0.2) is 9.97 Å². The number of benzene rings is 1. The molecule has 1 aromatic heterocycles. The Morgan fingerprint density at radius 3 is 2.73 bits per heavy atom. The molecule has 0 radical (unpaired) electrons. The van der Waals surface area contributed by atoms with Crippen LogP contribution in [0.1, 0.15) is 23.0 Å². The number of aromatic nitrogens is 2. The second kappa shape index (κ2) is 9.26. The molecular weight excluding hydrogens is 330 g/mol. The molecule has 0 bridgehead atoms. The van der Waals surface area contributed by atoms with Gasteiger partial charge in [-0.2, -0.15) is 0 Å². The zero-order valence-electron chi connectivity index (χ0n) is 15.1. The molecule has 1 aliphatic heterocycles. The van der Waals surface area contributed by atoms with Gasteiger partial charge in [-0.15, -0.1) is 0 Å². The Morgan fingerprint density at radius 2 is 2.00 bits per heavy atom. The molecule has 1 aliphatic rings. The molecule has 0 unspecified atom stereocenters. The van der Waals surface area contributed by atoms with Gasteiger partial charge in [0.15, 0.2) is 0 Å². The van der Waals surface area contributed by atoms with Crippen LogP contribution >= 0.6 is 0 Å². The highest BCUT2D eigenvalue weighted by Gasteiger charge is 2.11. The average Bonchev–Trinajstić information content (AvgIpc) is 2.70. The number of para-hydroxylation sites is 1. The predicted octanol–water partition coefficient (Wildman–Crippen LogP) is 2.04. The van der Waals surface area contributed by atoms with Crippen molar-refractivity contribution in [1.82, 2.24) is 14.9 Å². The Morgan fingerprint density at radius 1 is 1.19 bits per heavy atom. The van der Waals surface area contributed by atoms with Crippen LogP contribution in [0.4, 0.5) is 11.5 Å². The van der Waals surface area contributed by atoms with Gasteiger partial charge in [0.25, 0.3) is 5.91 Å². The summed E-state index contributed by atoms with van der Waals surface area (Å²) >= 11 is 0. The zero-order chi connectivity index (χ0) is 18.2. The van der Waals surface area contributed by atoms with Crippen LogP contribution < -0.4 is 10.6 Å². The number of aryl methyl sites for hydroxylation is 1. The standard InChI is InChI=1S/C19H25N5O2/c1-2-15-5-3-4-6-16(15)23-19(25)17-13-22-18(14-21-17)20-7-8-24-9-11-26-12-10-24/h3-6,13-14H,2,7-12H2,1H3,(H,20,22)(H,23,25). The van der Waals surface area contributed by atoms with Crippen molar-refractivity contribution in [2.75, 3.05) is 50.0 Å². The molecule has 2 aromatic rings. The Balaban J connectivity index is 1.51. The van der Waals surface area contributed by atoms with Crippen molar-refractivity contribution in [2.24, 2.45) is 0 Å². The lowest BCUT2D eigenvalue weighted by Gasteiger charge is -2.26. The summed E-state index contributed by atoms with van der Waals surface area (Å²) in [7, 11) is 0. The molecule has 0 atom stereocenters. The van der Waals surface area contributed by atoms with Crippen molar-refractivity contribution in [3.05, 3.63) is 47.9 Å². The van der Waals surface area contributed by atoms with Crippen molar-refractivity contribution < 1.29 is 9.53 Å². The van der Waals surface area contributed by atoms with E-state index in [0.29, 0.717) is 11.5 Å². The fourth-order valence-corrected chi connectivity index (χ4v) is 2.84. The molecule has 7 heteroatoms. The Bertz CT molecular complexity index is 714. The molecule has 2 N–H and O–H groups in total. The summed E-state index contributed by atoms with van der Waals surface area (Å²) in [5.74, 6) is 0.419. The number of amides is 1. The molecule has 1 fully saturated rings. The van der Waals surface area contributed by atoms with Crippen molar-refractivity contribution in [1.29, 1.82) is 0 Å². The van der Waals surface area contributed by atoms with E-state index in [0.717, 1.165) is 57.1 Å². The van der Waals surface area contributed by atoms with Gasteiger partial charge in [-0.1, -0.05) is 25.1 Å². The molecule has 1 aromatic carbocycles. The van der Waals surface area contributed by atoms with Gasteiger partial charge in [0.05, 0.1) is 25.6 Å². The number of ether oxygens (including phenoxy) is 1. The molecular formula is C19H25N5O2. The fraction of sp³-hybridized carbons (Fsp3) is 0.421. The highest BCUT2D eigenvalue weighted by Crippen LogP contribution is 2.16. The number of morpholine rings is 1. The molecule has 7 nitrogen and oxygen atoms in total.